The van der Waals surface area contributed by atoms with Gasteiger partial charge in [0.05, 0.1) is 10.6 Å². The maximum atomic E-state index is 12.9. The van der Waals surface area contributed by atoms with Crippen LogP contribution in [0, 0.1) is 0 Å². The first-order valence-corrected chi connectivity index (χ1v) is 9.68. The third-order valence-corrected chi connectivity index (χ3v) is 6.25. The quantitative estimate of drug-likeness (QED) is 0.819. The van der Waals surface area contributed by atoms with Crippen molar-refractivity contribution in [1.82, 2.24) is 0 Å². The van der Waals surface area contributed by atoms with Gasteiger partial charge in [0, 0.05) is 0 Å². The number of rotatable bonds is 4. The van der Waals surface area contributed by atoms with Crippen molar-refractivity contribution in [1.29, 1.82) is 0 Å². The molecule has 0 aliphatic heterocycles. The lowest BCUT2D eigenvalue weighted by Gasteiger charge is -2.24. The molecule has 0 radical (unpaired) electrons. The van der Waals surface area contributed by atoms with Gasteiger partial charge in [0.1, 0.15) is 0 Å². The van der Waals surface area contributed by atoms with Gasteiger partial charge in [-0.05, 0) is 36.0 Å². The van der Waals surface area contributed by atoms with Gasteiger partial charge >= 0.3 is 0 Å². The van der Waals surface area contributed by atoms with Gasteiger partial charge in [-0.25, -0.2) is 8.42 Å². The monoisotopic (exact) mass is 314 g/mol. The molecule has 0 aromatic heterocycles. The highest BCUT2D eigenvalue weighted by Crippen LogP contribution is 2.36. The zero-order chi connectivity index (χ0) is 15.4. The van der Waals surface area contributed by atoms with Crippen LogP contribution in [0.5, 0.6) is 0 Å². The van der Waals surface area contributed by atoms with E-state index >= 15 is 0 Å². The molecule has 3 heteroatoms. The van der Waals surface area contributed by atoms with Crippen LogP contribution in [0.4, 0.5) is 0 Å². The topological polar surface area (TPSA) is 34.1 Å². The van der Waals surface area contributed by atoms with Gasteiger partial charge in [-0.3, -0.25) is 0 Å². The highest BCUT2D eigenvalue weighted by atomic mass is 32.2. The van der Waals surface area contributed by atoms with E-state index < -0.39 is 9.84 Å². The summed E-state index contributed by atoms with van der Waals surface area (Å²) in [6, 6.07) is 17.0. The SMILES string of the molecule is O=S(=O)(Cc1ccccc1)c1ccccc1C1CCCCC1. The number of hydrogen-bond acceptors (Lipinski definition) is 2. The van der Waals surface area contributed by atoms with Gasteiger partial charge in [0.2, 0.25) is 0 Å². The molecule has 0 spiro atoms. The summed E-state index contributed by atoms with van der Waals surface area (Å²) in [6.07, 6.45) is 5.90. The summed E-state index contributed by atoms with van der Waals surface area (Å²) < 4.78 is 25.7. The second-order valence-electron chi connectivity index (χ2n) is 6.12. The molecular formula is C19H22O2S. The van der Waals surface area contributed by atoms with Crippen molar-refractivity contribution >= 4 is 9.84 Å². The highest BCUT2D eigenvalue weighted by Gasteiger charge is 2.24. The van der Waals surface area contributed by atoms with Gasteiger partial charge in [0.25, 0.3) is 0 Å². The van der Waals surface area contributed by atoms with E-state index in [0.717, 1.165) is 24.0 Å². The Kier molecular flexibility index (Phi) is 4.63. The Balaban J connectivity index is 1.93. The van der Waals surface area contributed by atoms with Crippen molar-refractivity contribution in [2.45, 2.75) is 48.7 Å². The Morgan fingerprint density at radius 2 is 1.45 bits per heavy atom. The molecule has 2 nitrogen and oxygen atoms in total. The summed E-state index contributed by atoms with van der Waals surface area (Å²) in [4.78, 5) is 0.533. The van der Waals surface area contributed by atoms with Crippen LogP contribution < -0.4 is 0 Å². The number of benzene rings is 2. The normalized spacial score (nSPS) is 16.5. The lowest BCUT2D eigenvalue weighted by Crippen LogP contribution is -2.12. The van der Waals surface area contributed by atoms with Gasteiger partial charge in [0.15, 0.2) is 9.84 Å². The summed E-state index contributed by atoms with van der Waals surface area (Å²) in [6.45, 7) is 0. The van der Waals surface area contributed by atoms with E-state index in [9.17, 15) is 8.42 Å². The fraction of sp³-hybridized carbons (Fsp3) is 0.368. The van der Waals surface area contributed by atoms with E-state index in [1.54, 1.807) is 6.07 Å². The fourth-order valence-electron chi connectivity index (χ4n) is 3.39. The second-order valence-corrected chi connectivity index (χ2v) is 8.08. The molecular weight excluding hydrogens is 292 g/mol. The van der Waals surface area contributed by atoms with Crippen molar-refractivity contribution in [2.24, 2.45) is 0 Å². The molecule has 0 unspecified atom stereocenters. The zero-order valence-corrected chi connectivity index (χ0v) is 13.6. The van der Waals surface area contributed by atoms with E-state index in [-0.39, 0.29) is 5.75 Å². The molecule has 2 aromatic carbocycles. The predicted octanol–water partition coefficient (Wildman–Crippen LogP) is 4.71. The van der Waals surface area contributed by atoms with E-state index in [1.807, 2.05) is 48.5 Å². The van der Waals surface area contributed by atoms with Crippen LogP contribution in [0.1, 0.15) is 49.1 Å². The largest absolute Gasteiger partial charge is 0.223 e. The fourth-order valence-corrected chi connectivity index (χ4v) is 5.05. The molecule has 1 aliphatic carbocycles. The van der Waals surface area contributed by atoms with Crippen LogP contribution in [-0.4, -0.2) is 8.42 Å². The molecule has 1 fully saturated rings. The minimum atomic E-state index is -3.29. The molecule has 116 valence electrons. The zero-order valence-electron chi connectivity index (χ0n) is 12.7. The summed E-state index contributed by atoms with van der Waals surface area (Å²) in [5.41, 5.74) is 1.87. The van der Waals surface area contributed by atoms with Crippen LogP contribution >= 0.6 is 0 Å². The average molecular weight is 314 g/mol. The maximum Gasteiger partial charge on any atom is 0.182 e. The van der Waals surface area contributed by atoms with Crippen molar-refractivity contribution < 1.29 is 8.42 Å². The maximum absolute atomic E-state index is 12.9. The van der Waals surface area contributed by atoms with Gasteiger partial charge in [-0.2, -0.15) is 0 Å². The summed E-state index contributed by atoms with van der Waals surface area (Å²) in [7, 11) is -3.29. The molecule has 0 heterocycles. The van der Waals surface area contributed by atoms with E-state index in [4.69, 9.17) is 0 Å². The first kappa shape index (κ1) is 15.3. The minimum absolute atomic E-state index is 0.0809. The van der Waals surface area contributed by atoms with Crippen molar-refractivity contribution in [3.63, 3.8) is 0 Å². The van der Waals surface area contributed by atoms with Crippen LogP contribution in [0.25, 0.3) is 0 Å². The molecule has 0 atom stereocenters. The van der Waals surface area contributed by atoms with Crippen molar-refractivity contribution in [3.8, 4) is 0 Å². The van der Waals surface area contributed by atoms with E-state index in [0.29, 0.717) is 10.8 Å². The van der Waals surface area contributed by atoms with Crippen LogP contribution in [-0.2, 0) is 15.6 Å². The first-order chi connectivity index (χ1) is 10.7. The second kappa shape index (κ2) is 6.66. The Morgan fingerprint density at radius 3 is 2.18 bits per heavy atom. The summed E-state index contributed by atoms with van der Waals surface area (Å²) in [5, 5.41) is 0. The summed E-state index contributed by atoms with van der Waals surface area (Å²) in [5.74, 6) is 0.480. The van der Waals surface area contributed by atoms with Crippen molar-refractivity contribution in [2.75, 3.05) is 0 Å². The average Bonchev–Trinajstić information content (AvgIpc) is 2.56. The molecule has 1 saturated carbocycles. The Hall–Kier alpha value is -1.61. The molecule has 22 heavy (non-hydrogen) atoms. The Morgan fingerprint density at radius 1 is 0.818 bits per heavy atom. The Bertz CT molecular complexity index is 714. The minimum Gasteiger partial charge on any atom is -0.223 e. The van der Waals surface area contributed by atoms with Crippen LogP contribution in [0.15, 0.2) is 59.5 Å². The van der Waals surface area contributed by atoms with Crippen molar-refractivity contribution in [3.05, 3.63) is 65.7 Å². The van der Waals surface area contributed by atoms with E-state index in [1.165, 1.54) is 19.3 Å². The molecule has 2 aromatic rings. The smallest absolute Gasteiger partial charge is 0.182 e. The van der Waals surface area contributed by atoms with Gasteiger partial charge in [-0.1, -0.05) is 67.8 Å². The van der Waals surface area contributed by atoms with Crippen LogP contribution in [0.3, 0.4) is 0 Å². The third kappa shape index (κ3) is 3.41. The molecule has 0 saturated heterocycles. The van der Waals surface area contributed by atoms with Crippen LogP contribution in [0.2, 0.25) is 0 Å². The molecule has 3 rings (SSSR count). The Labute approximate surface area is 133 Å². The molecule has 0 N–H and O–H groups in total. The number of hydrogen-bond donors (Lipinski definition) is 0. The lowest BCUT2D eigenvalue weighted by atomic mass is 9.84. The van der Waals surface area contributed by atoms with E-state index in [2.05, 4.69) is 0 Å². The van der Waals surface area contributed by atoms with Gasteiger partial charge < -0.3 is 0 Å². The number of sulfone groups is 1. The highest BCUT2D eigenvalue weighted by molar-refractivity contribution is 7.90. The molecule has 0 amide bonds. The molecule has 0 bridgehead atoms. The molecule has 1 aliphatic rings. The lowest BCUT2D eigenvalue weighted by molar-refractivity contribution is 0.438. The first-order valence-electron chi connectivity index (χ1n) is 8.02. The predicted molar refractivity (Wildman–Crippen MR) is 89.6 cm³/mol. The van der Waals surface area contributed by atoms with Gasteiger partial charge in [-0.15, -0.1) is 0 Å². The third-order valence-electron chi connectivity index (χ3n) is 4.50. The summed E-state index contributed by atoms with van der Waals surface area (Å²) >= 11 is 0. The standard InChI is InChI=1S/C19H22O2S/c20-22(21,15-16-9-3-1-4-10-16)19-14-8-7-13-18(19)17-11-5-2-6-12-17/h1,3-4,7-10,13-14,17H,2,5-6,11-12,15H2.